The average molecular weight is 585 g/mol. The molecule has 0 aliphatic carbocycles. The summed E-state index contributed by atoms with van der Waals surface area (Å²) in [6.45, 7) is 6.97. The van der Waals surface area contributed by atoms with E-state index >= 15 is 0 Å². The molecular formula is C29H31Cl2N5O2S. The number of halogens is 2. The lowest BCUT2D eigenvalue weighted by molar-refractivity contribution is 0.305. The van der Waals surface area contributed by atoms with Crippen molar-refractivity contribution in [3.63, 3.8) is 0 Å². The molecule has 3 aromatic rings. The van der Waals surface area contributed by atoms with Crippen LogP contribution in [0.2, 0.25) is 10.0 Å². The Kier molecular flexibility index (Phi) is 8.49. The third kappa shape index (κ3) is 7.06. The zero-order valence-corrected chi connectivity index (χ0v) is 24.6. The van der Waals surface area contributed by atoms with Gasteiger partial charge in [0.15, 0.2) is 5.84 Å². The SMILES string of the molecule is CN(CC(C)(C)C)C(=N)/C(=N\S(=O)(=O)c1ccc(Cl)cc1)N1CC(c2ccccc2)C(c2ccc(Cl)cc2)=N1. The van der Waals surface area contributed by atoms with Gasteiger partial charge in [-0.05, 0) is 52.9 Å². The first-order chi connectivity index (χ1) is 18.3. The summed E-state index contributed by atoms with van der Waals surface area (Å²) in [4.78, 5) is 1.68. The fourth-order valence-corrected chi connectivity index (χ4v) is 5.65. The second kappa shape index (κ2) is 11.5. The van der Waals surface area contributed by atoms with Crippen LogP contribution in [0.25, 0.3) is 0 Å². The summed E-state index contributed by atoms with van der Waals surface area (Å²) in [5.74, 6) is -0.284. The van der Waals surface area contributed by atoms with E-state index in [2.05, 4.69) is 25.2 Å². The first kappa shape index (κ1) is 28.8. The standard InChI is InChI=1S/C29H31Cl2N5O2S/c1-29(2,3)19-35(4)27(32)28(34-39(37,38)24-16-14-23(31)15-17-24)36-18-25(20-8-6-5-7-9-20)26(33-36)21-10-12-22(30)13-11-21/h5-17,25,32H,18-19H2,1-4H3/b32-27?,34-28+. The van der Waals surface area contributed by atoms with Gasteiger partial charge < -0.3 is 4.90 Å². The number of nitrogens with one attached hydrogen (secondary N) is 1. The molecule has 10 heteroatoms. The summed E-state index contributed by atoms with van der Waals surface area (Å²) in [6, 6.07) is 23.0. The molecule has 204 valence electrons. The number of sulfonamides is 1. The molecule has 1 N–H and O–H groups in total. The zero-order valence-electron chi connectivity index (χ0n) is 22.3. The number of hydrogen-bond acceptors (Lipinski definition) is 4. The highest BCUT2D eigenvalue weighted by Gasteiger charge is 2.35. The van der Waals surface area contributed by atoms with E-state index in [9.17, 15) is 8.42 Å². The average Bonchev–Trinajstić information content (AvgIpc) is 3.32. The van der Waals surface area contributed by atoms with Gasteiger partial charge in [-0.25, -0.2) is 5.01 Å². The van der Waals surface area contributed by atoms with Gasteiger partial charge in [-0.2, -0.15) is 13.5 Å². The lowest BCUT2D eigenvalue weighted by Gasteiger charge is -2.30. The molecular weight excluding hydrogens is 553 g/mol. The van der Waals surface area contributed by atoms with Crippen LogP contribution in [0, 0.1) is 10.8 Å². The van der Waals surface area contributed by atoms with Crippen LogP contribution < -0.4 is 0 Å². The van der Waals surface area contributed by atoms with E-state index in [1.807, 2.05) is 42.5 Å². The second-order valence-electron chi connectivity index (χ2n) is 10.6. The molecule has 1 unspecified atom stereocenters. The summed E-state index contributed by atoms with van der Waals surface area (Å²) < 4.78 is 31.0. The van der Waals surface area contributed by atoms with E-state index in [4.69, 9.17) is 33.7 Å². The number of likely N-dealkylation sites (N-methyl/N-ethyl adjacent to an activating group) is 1. The topological polar surface area (TPSA) is 89.2 Å². The van der Waals surface area contributed by atoms with Gasteiger partial charge in [0.1, 0.15) is 0 Å². The number of benzene rings is 3. The summed E-state index contributed by atoms with van der Waals surface area (Å²) in [6.07, 6.45) is 0. The van der Waals surface area contributed by atoms with Gasteiger partial charge in [0.25, 0.3) is 10.0 Å². The van der Waals surface area contributed by atoms with Crippen molar-refractivity contribution in [3.8, 4) is 0 Å². The number of nitrogens with zero attached hydrogens (tertiary/aromatic N) is 4. The number of amidine groups is 2. The van der Waals surface area contributed by atoms with Gasteiger partial charge in [-0.15, -0.1) is 4.40 Å². The van der Waals surface area contributed by atoms with Crippen molar-refractivity contribution in [2.45, 2.75) is 31.6 Å². The largest absolute Gasteiger partial charge is 0.356 e. The van der Waals surface area contributed by atoms with Crippen LogP contribution in [0.5, 0.6) is 0 Å². The van der Waals surface area contributed by atoms with Crippen LogP contribution in [0.1, 0.15) is 37.8 Å². The molecule has 1 heterocycles. The van der Waals surface area contributed by atoms with Crippen LogP contribution in [-0.2, 0) is 10.0 Å². The molecule has 4 rings (SSSR count). The van der Waals surface area contributed by atoms with E-state index in [-0.39, 0.29) is 27.9 Å². The maximum Gasteiger partial charge on any atom is 0.284 e. The summed E-state index contributed by atoms with van der Waals surface area (Å²) >= 11 is 12.1. The van der Waals surface area contributed by atoms with Crippen molar-refractivity contribution in [2.24, 2.45) is 14.9 Å². The van der Waals surface area contributed by atoms with Crippen LogP contribution in [-0.4, -0.2) is 55.8 Å². The summed E-state index contributed by atoms with van der Waals surface area (Å²) in [5.41, 5.74) is 2.46. The minimum atomic E-state index is -4.17. The Morgan fingerprint density at radius 2 is 1.56 bits per heavy atom. The third-order valence-corrected chi connectivity index (χ3v) is 7.91. The molecule has 0 aromatic heterocycles. The fraction of sp³-hybridized carbons (Fsp3) is 0.276. The Labute approximate surface area is 240 Å². The monoisotopic (exact) mass is 583 g/mol. The van der Waals surface area contributed by atoms with Crippen molar-refractivity contribution < 1.29 is 8.42 Å². The normalized spacial score (nSPS) is 16.3. The Hall–Kier alpha value is -3.20. The lowest BCUT2D eigenvalue weighted by Crippen LogP contribution is -2.44. The van der Waals surface area contributed by atoms with Gasteiger partial charge in [-0.3, -0.25) is 5.41 Å². The highest BCUT2D eigenvalue weighted by molar-refractivity contribution is 7.90. The minimum Gasteiger partial charge on any atom is -0.356 e. The Balaban J connectivity index is 1.83. The zero-order chi connectivity index (χ0) is 28.4. The van der Waals surface area contributed by atoms with E-state index in [1.165, 1.54) is 29.3 Å². The molecule has 1 aliphatic heterocycles. The summed E-state index contributed by atoms with van der Waals surface area (Å²) in [7, 11) is -2.42. The summed E-state index contributed by atoms with van der Waals surface area (Å²) in [5, 5.41) is 16.4. The van der Waals surface area contributed by atoms with Crippen molar-refractivity contribution >= 4 is 50.6 Å². The maximum absolute atomic E-state index is 13.4. The predicted molar refractivity (Wildman–Crippen MR) is 160 cm³/mol. The number of hydrazone groups is 1. The lowest BCUT2D eigenvalue weighted by atomic mass is 9.90. The molecule has 0 bridgehead atoms. The maximum atomic E-state index is 13.4. The van der Waals surface area contributed by atoms with E-state index < -0.39 is 10.0 Å². The van der Waals surface area contributed by atoms with Crippen molar-refractivity contribution in [3.05, 3.63) is 100 Å². The molecule has 0 amide bonds. The molecule has 1 atom stereocenters. The molecule has 0 radical (unpaired) electrons. The first-order valence-electron chi connectivity index (χ1n) is 12.4. The third-order valence-electron chi connectivity index (χ3n) is 6.12. The number of hydrogen-bond donors (Lipinski definition) is 1. The first-order valence-corrected chi connectivity index (χ1v) is 14.6. The molecule has 0 saturated heterocycles. The molecule has 0 fully saturated rings. The Bertz CT molecular complexity index is 1500. The second-order valence-corrected chi connectivity index (χ2v) is 13.1. The molecule has 39 heavy (non-hydrogen) atoms. The smallest absolute Gasteiger partial charge is 0.284 e. The highest BCUT2D eigenvalue weighted by Crippen LogP contribution is 2.30. The molecule has 7 nitrogen and oxygen atoms in total. The van der Waals surface area contributed by atoms with Gasteiger partial charge in [-0.1, -0.05) is 86.4 Å². The van der Waals surface area contributed by atoms with E-state index in [0.717, 1.165) is 16.8 Å². The van der Waals surface area contributed by atoms with Crippen LogP contribution >= 0.6 is 23.2 Å². The molecule has 0 spiro atoms. The quantitative estimate of drug-likeness (QED) is 0.273. The van der Waals surface area contributed by atoms with E-state index in [1.54, 1.807) is 24.1 Å². The van der Waals surface area contributed by atoms with Crippen molar-refractivity contribution in [2.75, 3.05) is 20.1 Å². The van der Waals surface area contributed by atoms with Gasteiger partial charge in [0.2, 0.25) is 5.84 Å². The molecule has 0 saturated carbocycles. The highest BCUT2D eigenvalue weighted by atomic mass is 35.5. The predicted octanol–water partition coefficient (Wildman–Crippen LogP) is 6.54. The van der Waals surface area contributed by atoms with Crippen LogP contribution in [0.4, 0.5) is 0 Å². The van der Waals surface area contributed by atoms with Crippen molar-refractivity contribution in [1.29, 1.82) is 5.41 Å². The minimum absolute atomic E-state index is 0.0172. The fourth-order valence-electron chi connectivity index (χ4n) is 4.41. The van der Waals surface area contributed by atoms with Crippen molar-refractivity contribution in [1.82, 2.24) is 9.91 Å². The van der Waals surface area contributed by atoms with Crippen LogP contribution in [0.15, 0.2) is 93.3 Å². The Morgan fingerprint density at radius 1 is 1.00 bits per heavy atom. The number of rotatable bonds is 5. The van der Waals surface area contributed by atoms with Gasteiger partial charge in [0.05, 0.1) is 17.2 Å². The van der Waals surface area contributed by atoms with Gasteiger partial charge in [0, 0.05) is 29.6 Å². The van der Waals surface area contributed by atoms with Gasteiger partial charge >= 0.3 is 0 Å². The molecule has 1 aliphatic rings. The van der Waals surface area contributed by atoms with Crippen LogP contribution in [0.3, 0.4) is 0 Å². The van der Waals surface area contributed by atoms with E-state index in [0.29, 0.717) is 23.1 Å². The molecule has 3 aromatic carbocycles. The Morgan fingerprint density at radius 3 is 2.13 bits per heavy atom.